The van der Waals surface area contributed by atoms with Gasteiger partial charge in [0, 0.05) is 32.7 Å². The predicted octanol–water partition coefficient (Wildman–Crippen LogP) is 1.38. The van der Waals surface area contributed by atoms with Gasteiger partial charge in [-0.25, -0.2) is 4.39 Å². The Morgan fingerprint density at radius 2 is 1.75 bits per heavy atom. The molecule has 1 aliphatic heterocycles. The van der Waals surface area contributed by atoms with Crippen molar-refractivity contribution >= 4 is 5.91 Å². The molecule has 2 rings (SSSR count). The number of carbonyl (C=O) groups excluding carboxylic acids is 1. The van der Waals surface area contributed by atoms with Gasteiger partial charge in [0.25, 0.3) is 0 Å². The summed E-state index contributed by atoms with van der Waals surface area (Å²) in [4.78, 5) is 16.1. The van der Waals surface area contributed by atoms with Crippen LogP contribution in [0.5, 0.6) is 0 Å². The van der Waals surface area contributed by atoms with Gasteiger partial charge in [-0.3, -0.25) is 14.6 Å². The number of hydrogen-bond acceptors (Lipinski definition) is 4. The molecule has 2 atom stereocenters. The minimum Gasteiger partial charge on any atom is -0.391 e. The molecule has 1 aliphatic rings. The Morgan fingerprint density at radius 1 is 1.21 bits per heavy atom. The van der Waals surface area contributed by atoms with Crippen molar-refractivity contribution in [3.63, 3.8) is 0 Å². The molecule has 1 amide bonds. The number of amides is 1. The molecule has 1 aromatic rings. The summed E-state index contributed by atoms with van der Waals surface area (Å²) in [5, 5.41) is 10.2. The van der Waals surface area contributed by atoms with Crippen molar-refractivity contribution in [3.8, 4) is 0 Å². The van der Waals surface area contributed by atoms with Gasteiger partial charge in [-0.15, -0.1) is 0 Å². The summed E-state index contributed by atoms with van der Waals surface area (Å²) in [6.07, 6.45) is -0.395. The van der Waals surface area contributed by atoms with E-state index < -0.39 is 18.1 Å². The van der Waals surface area contributed by atoms with E-state index in [0.29, 0.717) is 25.2 Å². The van der Waals surface area contributed by atoms with Gasteiger partial charge in [-0.05, 0) is 23.1 Å². The molecule has 1 aromatic carbocycles. The van der Waals surface area contributed by atoms with Crippen molar-refractivity contribution in [1.29, 1.82) is 0 Å². The van der Waals surface area contributed by atoms with Gasteiger partial charge in [0.15, 0.2) is 0 Å². The molecule has 0 spiro atoms. The number of hydrogen-bond donors (Lipinski definition) is 2. The second-order valence-electron chi connectivity index (χ2n) is 7.57. The highest BCUT2D eigenvalue weighted by Gasteiger charge is 2.31. The molecule has 134 valence electrons. The highest BCUT2D eigenvalue weighted by atomic mass is 19.1. The lowest BCUT2D eigenvalue weighted by atomic mass is 9.89. The molecule has 0 radical (unpaired) electrons. The van der Waals surface area contributed by atoms with E-state index >= 15 is 0 Å². The summed E-state index contributed by atoms with van der Waals surface area (Å²) in [7, 11) is 0. The molecule has 1 fully saturated rings. The molecule has 0 saturated carbocycles. The maximum absolute atomic E-state index is 13.1. The summed E-state index contributed by atoms with van der Waals surface area (Å²) in [6.45, 7) is 9.57. The average molecular weight is 337 g/mol. The van der Waals surface area contributed by atoms with Crippen LogP contribution in [0, 0.1) is 11.2 Å². The molecule has 0 aromatic heterocycles. The van der Waals surface area contributed by atoms with E-state index in [1.54, 1.807) is 12.1 Å². The smallest absolute Gasteiger partial charge is 0.239 e. The quantitative estimate of drug-likeness (QED) is 0.852. The number of halogens is 1. The van der Waals surface area contributed by atoms with E-state index in [1.165, 1.54) is 12.1 Å². The van der Waals surface area contributed by atoms with E-state index in [4.69, 9.17) is 5.73 Å². The molecule has 0 aliphatic carbocycles. The van der Waals surface area contributed by atoms with Crippen molar-refractivity contribution in [2.75, 3.05) is 32.7 Å². The zero-order valence-corrected chi connectivity index (χ0v) is 14.7. The van der Waals surface area contributed by atoms with Gasteiger partial charge in [0.2, 0.25) is 5.91 Å². The molecule has 6 heteroatoms. The van der Waals surface area contributed by atoms with Gasteiger partial charge in [-0.2, -0.15) is 0 Å². The van der Waals surface area contributed by atoms with Crippen LogP contribution in [0.15, 0.2) is 24.3 Å². The Kier molecular flexibility index (Phi) is 5.96. The highest BCUT2D eigenvalue weighted by Crippen LogP contribution is 2.24. The minimum absolute atomic E-state index is 0.152. The summed E-state index contributed by atoms with van der Waals surface area (Å²) < 4.78 is 13.1. The van der Waals surface area contributed by atoms with Crippen molar-refractivity contribution in [3.05, 3.63) is 35.6 Å². The predicted molar refractivity (Wildman–Crippen MR) is 91.8 cm³/mol. The third-order valence-corrected chi connectivity index (χ3v) is 4.66. The second-order valence-corrected chi connectivity index (χ2v) is 7.57. The average Bonchev–Trinajstić information content (AvgIpc) is 2.50. The molecule has 1 saturated heterocycles. The molecule has 0 bridgehead atoms. The molecule has 24 heavy (non-hydrogen) atoms. The van der Waals surface area contributed by atoms with Crippen molar-refractivity contribution in [2.24, 2.45) is 11.1 Å². The molecular weight excluding hydrogens is 309 g/mol. The number of nitrogens with zero attached hydrogens (tertiary/aromatic N) is 2. The Hall–Kier alpha value is -1.50. The Morgan fingerprint density at radius 3 is 2.21 bits per heavy atom. The normalized spacial score (nSPS) is 19.9. The number of nitrogens with two attached hydrogens (primary N) is 1. The van der Waals surface area contributed by atoms with Crippen molar-refractivity contribution < 1.29 is 14.3 Å². The van der Waals surface area contributed by atoms with Crippen LogP contribution in [0.4, 0.5) is 4.39 Å². The van der Waals surface area contributed by atoms with Gasteiger partial charge in [0.1, 0.15) is 11.9 Å². The fourth-order valence-electron chi connectivity index (χ4n) is 2.92. The SMILES string of the molecule is CC(C)(C)C(O)CN1CCN(C(C(N)=O)c2ccc(F)cc2)CC1. The fraction of sp³-hybridized carbons (Fsp3) is 0.611. The number of benzene rings is 1. The van der Waals surface area contributed by atoms with Crippen LogP contribution in [-0.4, -0.2) is 59.6 Å². The largest absolute Gasteiger partial charge is 0.391 e. The van der Waals surface area contributed by atoms with Crippen molar-refractivity contribution in [1.82, 2.24) is 9.80 Å². The van der Waals surface area contributed by atoms with Crippen LogP contribution in [0.2, 0.25) is 0 Å². The van der Waals surface area contributed by atoms with Gasteiger partial charge in [0.05, 0.1) is 6.10 Å². The number of piperazine rings is 1. The first kappa shape index (κ1) is 18.8. The first-order valence-corrected chi connectivity index (χ1v) is 8.37. The third kappa shape index (κ3) is 4.75. The van der Waals surface area contributed by atoms with Crippen LogP contribution in [0.25, 0.3) is 0 Å². The standard InChI is InChI=1S/C18H28FN3O2/c1-18(2,3)15(23)12-21-8-10-22(11-9-21)16(17(20)24)13-4-6-14(19)7-5-13/h4-7,15-16,23H,8-12H2,1-3H3,(H2,20,24). The minimum atomic E-state index is -0.541. The van der Waals surface area contributed by atoms with Crippen LogP contribution in [0.1, 0.15) is 32.4 Å². The van der Waals surface area contributed by atoms with Gasteiger partial charge in [-0.1, -0.05) is 32.9 Å². The highest BCUT2D eigenvalue weighted by molar-refractivity contribution is 5.81. The van der Waals surface area contributed by atoms with E-state index in [9.17, 15) is 14.3 Å². The Balaban J connectivity index is 1.98. The monoisotopic (exact) mass is 337 g/mol. The number of β-amino-alcohol motifs (C(OH)–C–C–N with tert-alkyl or cyclic N) is 1. The maximum Gasteiger partial charge on any atom is 0.239 e. The van der Waals surface area contributed by atoms with E-state index in [-0.39, 0.29) is 11.2 Å². The molecule has 1 heterocycles. The van der Waals surface area contributed by atoms with E-state index in [1.807, 2.05) is 25.7 Å². The van der Waals surface area contributed by atoms with E-state index in [0.717, 1.165) is 13.1 Å². The lowest BCUT2D eigenvalue weighted by Gasteiger charge is -2.40. The first-order valence-electron chi connectivity index (χ1n) is 8.37. The fourth-order valence-corrected chi connectivity index (χ4v) is 2.92. The van der Waals surface area contributed by atoms with Gasteiger partial charge >= 0.3 is 0 Å². The molecule has 5 nitrogen and oxygen atoms in total. The Labute approximate surface area is 143 Å². The zero-order valence-electron chi connectivity index (χ0n) is 14.7. The number of aliphatic hydroxyl groups is 1. The van der Waals surface area contributed by atoms with Crippen LogP contribution < -0.4 is 5.73 Å². The topological polar surface area (TPSA) is 69.8 Å². The Bertz CT molecular complexity index is 548. The lowest BCUT2D eigenvalue weighted by Crippen LogP contribution is -2.52. The number of aliphatic hydroxyl groups excluding tert-OH is 1. The summed E-state index contributed by atoms with van der Waals surface area (Å²) in [6, 6.07) is 5.38. The van der Waals surface area contributed by atoms with E-state index in [2.05, 4.69) is 4.90 Å². The third-order valence-electron chi connectivity index (χ3n) is 4.66. The molecular formula is C18H28FN3O2. The number of carbonyl (C=O) groups is 1. The van der Waals surface area contributed by atoms with Crippen LogP contribution >= 0.6 is 0 Å². The number of primary amides is 1. The second kappa shape index (κ2) is 7.59. The summed E-state index contributed by atoms with van der Waals surface area (Å²) in [5.74, 6) is -0.757. The maximum atomic E-state index is 13.1. The molecule has 2 unspecified atom stereocenters. The van der Waals surface area contributed by atoms with Crippen molar-refractivity contribution in [2.45, 2.75) is 32.9 Å². The van der Waals surface area contributed by atoms with Crippen LogP contribution in [-0.2, 0) is 4.79 Å². The van der Waals surface area contributed by atoms with Gasteiger partial charge < -0.3 is 10.8 Å². The summed E-state index contributed by atoms with van der Waals surface area (Å²) in [5.41, 5.74) is 6.15. The molecule has 3 N–H and O–H groups in total. The zero-order chi connectivity index (χ0) is 17.9. The lowest BCUT2D eigenvalue weighted by molar-refractivity contribution is -0.124. The summed E-state index contributed by atoms with van der Waals surface area (Å²) >= 11 is 0. The number of rotatable bonds is 5. The van der Waals surface area contributed by atoms with Crippen LogP contribution in [0.3, 0.4) is 0 Å². The first-order chi connectivity index (χ1) is 11.2.